The molecule has 1 aliphatic heterocycles. The first-order valence-corrected chi connectivity index (χ1v) is 5.57. The molecule has 1 aromatic carbocycles. The second-order valence-corrected chi connectivity index (χ2v) is 4.13. The van der Waals surface area contributed by atoms with Crippen molar-refractivity contribution in [2.45, 2.75) is 25.4 Å². The fraction of sp³-hybridized carbons (Fsp3) is 0.462. The van der Waals surface area contributed by atoms with E-state index in [0.717, 1.165) is 25.3 Å². The van der Waals surface area contributed by atoms with Crippen molar-refractivity contribution in [3.05, 3.63) is 29.8 Å². The minimum Gasteiger partial charge on any atom is -0.497 e. The van der Waals surface area contributed by atoms with Gasteiger partial charge in [-0.2, -0.15) is 5.26 Å². The summed E-state index contributed by atoms with van der Waals surface area (Å²) in [6.45, 7) is 2.12. The van der Waals surface area contributed by atoms with Crippen molar-refractivity contribution in [2.24, 2.45) is 0 Å². The van der Waals surface area contributed by atoms with Gasteiger partial charge in [-0.1, -0.05) is 12.1 Å². The van der Waals surface area contributed by atoms with Crippen molar-refractivity contribution in [2.75, 3.05) is 13.7 Å². The lowest BCUT2D eigenvalue weighted by atomic mass is 10.2. The molecule has 16 heavy (non-hydrogen) atoms. The predicted octanol–water partition coefficient (Wildman–Crippen LogP) is 2.18. The lowest BCUT2D eigenvalue weighted by Crippen LogP contribution is -2.01. The summed E-state index contributed by atoms with van der Waals surface area (Å²) >= 11 is 0. The molecule has 0 N–H and O–H groups in total. The summed E-state index contributed by atoms with van der Waals surface area (Å²) in [7, 11) is 1.68. The zero-order valence-corrected chi connectivity index (χ0v) is 9.52. The van der Waals surface area contributed by atoms with Crippen LogP contribution in [-0.4, -0.2) is 24.6 Å². The van der Waals surface area contributed by atoms with E-state index in [4.69, 9.17) is 10.00 Å². The lowest BCUT2D eigenvalue weighted by molar-refractivity contribution is 0.414. The van der Waals surface area contributed by atoms with Crippen molar-refractivity contribution in [1.29, 1.82) is 5.26 Å². The Kier molecular flexibility index (Phi) is 3.43. The Balaban J connectivity index is 1.80. The molecule has 2 rings (SSSR count). The third-order valence-corrected chi connectivity index (χ3v) is 2.96. The highest BCUT2D eigenvalue weighted by Crippen LogP contribution is 2.25. The highest BCUT2D eigenvalue weighted by atomic mass is 16.5. The van der Waals surface area contributed by atoms with Gasteiger partial charge >= 0.3 is 0 Å². The van der Waals surface area contributed by atoms with Crippen molar-refractivity contribution in [1.82, 2.24) is 4.90 Å². The largest absolute Gasteiger partial charge is 0.497 e. The molecule has 1 saturated heterocycles. The molecule has 2 atom stereocenters. The van der Waals surface area contributed by atoms with Crippen LogP contribution in [0.5, 0.6) is 5.75 Å². The predicted molar refractivity (Wildman–Crippen MR) is 62.0 cm³/mol. The van der Waals surface area contributed by atoms with Gasteiger partial charge in [0.15, 0.2) is 0 Å². The fourth-order valence-electron chi connectivity index (χ4n) is 1.89. The summed E-state index contributed by atoms with van der Waals surface area (Å²) in [5.74, 6) is 0.899. The number of nitrogens with zero attached hydrogens (tertiary/aromatic N) is 2. The molecule has 1 fully saturated rings. The van der Waals surface area contributed by atoms with Gasteiger partial charge in [-0.25, -0.2) is 0 Å². The van der Waals surface area contributed by atoms with Crippen LogP contribution in [0.1, 0.15) is 18.4 Å². The molecule has 1 heterocycles. The average molecular weight is 216 g/mol. The van der Waals surface area contributed by atoms with E-state index in [1.54, 1.807) is 7.11 Å². The molecule has 0 spiro atoms. The summed E-state index contributed by atoms with van der Waals surface area (Å²) in [4.78, 5) is 2.39. The van der Waals surface area contributed by atoms with E-state index in [9.17, 15) is 0 Å². The van der Waals surface area contributed by atoms with Gasteiger partial charge < -0.3 is 4.74 Å². The molecular formula is C13H16N2O. The van der Waals surface area contributed by atoms with Crippen LogP contribution >= 0.6 is 0 Å². The summed E-state index contributed by atoms with van der Waals surface area (Å²) in [5, 5.41) is 8.49. The summed E-state index contributed by atoms with van der Waals surface area (Å²) in [6, 6.07) is 11.0. The Hall–Kier alpha value is -1.53. The van der Waals surface area contributed by atoms with Crippen LogP contribution in [0.3, 0.4) is 0 Å². The molecule has 3 heteroatoms. The first-order chi connectivity index (χ1) is 7.83. The monoisotopic (exact) mass is 216 g/mol. The van der Waals surface area contributed by atoms with Crippen molar-refractivity contribution < 1.29 is 4.74 Å². The maximum Gasteiger partial charge on any atom is 0.118 e. The summed E-state index contributed by atoms with van der Waals surface area (Å²) in [5.41, 5.74) is 1.31. The Morgan fingerprint density at radius 1 is 1.44 bits per heavy atom. The number of hydrogen-bond acceptors (Lipinski definition) is 3. The minimum absolute atomic E-state index is 0.627. The second kappa shape index (κ2) is 5.00. The molecule has 0 aromatic heterocycles. The maximum atomic E-state index is 8.49. The summed E-state index contributed by atoms with van der Waals surface area (Å²) in [6.07, 6.45) is 1.68. The number of methoxy groups -OCH3 is 1. The summed E-state index contributed by atoms with van der Waals surface area (Å²) < 4.78 is 5.11. The number of rotatable bonds is 5. The third kappa shape index (κ3) is 2.74. The number of hydrogen-bond donors (Lipinski definition) is 0. The Bertz CT molecular complexity index is 380. The molecule has 1 aromatic rings. The van der Waals surface area contributed by atoms with E-state index in [2.05, 4.69) is 23.1 Å². The van der Waals surface area contributed by atoms with E-state index in [1.807, 2.05) is 12.1 Å². The Morgan fingerprint density at radius 3 is 2.81 bits per heavy atom. The van der Waals surface area contributed by atoms with Crippen molar-refractivity contribution in [3.63, 3.8) is 0 Å². The third-order valence-electron chi connectivity index (χ3n) is 2.96. The van der Waals surface area contributed by atoms with Crippen LogP contribution in [0.25, 0.3) is 0 Å². The first-order valence-electron chi connectivity index (χ1n) is 5.57. The first kappa shape index (κ1) is 11.0. The molecule has 1 aliphatic rings. The van der Waals surface area contributed by atoms with Crippen LogP contribution in [0.4, 0.5) is 0 Å². The average Bonchev–Trinajstić information content (AvgIpc) is 3.06. The van der Waals surface area contributed by atoms with Gasteiger partial charge in [0.25, 0.3) is 0 Å². The van der Waals surface area contributed by atoms with E-state index in [1.165, 1.54) is 5.56 Å². The van der Waals surface area contributed by atoms with Crippen molar-refractivity contribution in [3.8, 4) is 11.8 Å². The van der Waals surface area contributed by atoms with Gasteiger partial charge in [-0.15, -0.1) is 0 Å². The van der Waals surface area contributed by atoms with E-state index >= 15 is 0 Å². The fourth-order valence-corrected chi connectivity index (χ4v) is 1.89. The molecule has 3 nitrogen and oxygen atoms in total. The molecule has 0 radical (unpaired) electrons. The molecular weight excluding hydrogens is 200 g/mol. The van der Waals surface area contributed by atoms with Gasteiger partial charge in [0.2, 0.25) is 0 Å². The zero-order chi connectivity index (χ0) is 11.4. The Labute approximate surface area is 96.2 Å². The van der Waals surface area contributed by atoms with E-state index in [0.29, 0.717) is 12.5 Å². The van der Waals surface area contributed by atoms with Crippen molar-refractivity contribution >= 4 is 0 Å². The van der Waals surface area contributed by atoms with Gasteiger partial charge in [-0.3, -0.25) is 4.90 Å². The van der Waals surface area contributed by atoms with Gasteiger partial charge in [0, 0.05) is 25.6 Å². The highest BCUT2D eigenvalue weighted by Gasteiger charge is 2.32. The van der Waals surface area contributed by atoms with E-state index in [-0.39, 0.29) is 0 Å². The second-order valence-electron chi connectivity index (χ2n) is 4.13. The number of ether oxygens (including phenoxy) is 1. The lowest BCUT2D eigenvalue weighted by Gasteiger charge is -2.04. The molecule has 0 saturated carbocycles. The van der Waals surface area contributed by atoms with E-state index < -0.39 is 0 Å². The quantitative estimate of drug-likeness (QED) is 0.708. The number of nitriles is 1. The highest BCUT2D eigenvalue weighted by molar-refractivity contribution is 5.27. The molecule has 0 aliphatic carbocycles. The van der Waals surface area contributed by atoms with Crippen LogP contribution in [0.2, 0.25) is 0 Å². The smallest absolute Gasteiger partial charge is 0.118 e. The standard InChI is InChI=1S/C13H16N2O/c1-16-13-6-4-11(5-7-13)9-15-10-12(15)3-2-8-14/h4-7,12H,2-3,9-10H2,1H3. The van der Waals surface area contributed by atoms with Crippen LogP contribution < -0.4 is 4.74 Å². The van der Waals surface area contributed by atoms with Gasteiger partial charge in [0.1, 0.15) is 5.75 Å². The molecule has 2 unspecified atom stereocenters. The zero-order valence-electron chi connectivity index (χ0n) is 9.52. The molecule has 0 amide bonds. The molecule has 84 valence electrons. The maximum absolute atomic E-state index is 8.49. The normalized spacial score (nSPS) is 22.5. The minimum atomic E-state index is 0.627. The SMILES string of the molecule is COc1ccc(CN2CC2CCC#N)cc1. The van der Waals surface area contributed by atoms with Gasteiger partial charge in [0.05, 0.1) is 13.2 Å². The van der Waals surface area contributed by atoms with Crippen LogP contribution in [0.15, 0.2) is 24.3 Å². The van der Waals surface area contributed by atoms with Crippen LogP contribution in [-0.2, 0) is 6.54 Å². The number of benzene rings is 1. The molecule has 0 bridgehead atoms. The van der Waals surface area contributed by atoms with Crippen LogP contribution in [0, 0.1) is 11.3 Å². The van der Waals surface area contributed by atoms with Gasteiger partial charge in [-0.05, 0) is 24.1 Å². The Morgan fingerprint density at radius 2 is 2.19 bits per heavy atom. The topological polar surface area (TPSA) is 36.0 Å².